The Kier molecular flexibility index (Phi) is 4.49. The summed E-state index contributed by atoms with van der Waals surface area (Å²) in [5, 5.41) is 6.45. The minimum atomic E-state index is -0.464. The van der Waals surface area contributed by atoms with Crippen molar-refractivity contribution in [3.63, 3.8) is 0 Å². The van der Waals surface area contributed by atoms with Crippen LogP contribution in [0, 0.1) is 24.2 Å². The first-order chi connectivity index (χ1) is 9.12. The van der Waals surface area contributed by atoms with Crippen molar-refractivity contribution < 1.29 is 4.79 Å². The number of nitrogens with one attached hydrogen (secondary N) is 2. The minimum absolute atomic E-state index is 0.0644. The molecule has 2 rings (SSSR count). The molecule has 0 unspecified atom stereocenters. The van der Waals surface area contributed by atoms with Gasteiger partial charge in [0.05, 0.1) is 6.54 Å². The Morgan fingerprint density at radius 1 is 1.37 bits per heavy atom. The molecule has 0 aliphatic carbocycles. The number of terminal acetylenes is 1. The number of carbonyl (C=O) groups excluding carboxylic acids is 1. The van der Waals surface area contributed by atoms with Crippen LogP contribution in [0.5, 0.6) is 0 Å². The number of amides is 1. The lowest BCUT2D eigenvalue weighted by molar-refractivity contribution is -0.123. The van der Waals surface area contributed by atoms with Crippen molar-refractivity contribution in [1.82, 2.24) is 15.5 Å². The van der Waals surface area contributed by atoms with E-state index in [1.54, 1.807) is 0 Å². The summed E-state index contributed by atoms with van der Waals surface area (Å²) < 4.78 is 0. The van der Waals surface area contributed by atoms with Crippen LogP contribution in [0.2, 0.25) is 0 Å². The van der Waals surface area contributed by atoms with E-state index in [-0.39, 0.29) is 5.91 Å². The molecule has 2 aliphatic heterocycles. The van der Waals surface area contributed by atoms with Crippen molar-refractivity contribution in [2.75, 3.05) is 32.7 Å². The largest absolute Gasteiger partial charge is 0.339 e. The Hall–Kier alpha value is -1.05. The number of rotatable bonds is 5. The number of hydrogen-bond acceptors (Lipinski definition) is 3. The van der Waals surface area contributed by atoms with Gasteiger partial charge in [-0.15, -0.1) is 6.42 Å². The van der Waals surface area contributed by atoms with Crippen LogP contribution in [-0.4, -0.2) is 49.1 Å². The lowest BCUT2D eigenvalue weighted by Crippen LogP contribution is -2.50. The van der Waals surface area contributed by atoms with Gasteiger partial charge in [-0.3, -0.25) is 9.69 Å². The minimum Gasteiger partial charge on any atom is -0.339 e. The molecule has 1 amide bonds. The molecule has 2 fully saturated rings. The van der Waals surface area contributed by atoms with Crippen molar-refractivity contribution in [2.45, 2.75) is 32.2 Å². The molecular weight excluding hydrogens is 238 g/mol. The van der Waals surface area contributed by atoms with Crippen LogP contribution in [-0.2, 0) is 4.79 Å². The summed E-state index contributed by atoms with van der Waals surface area (Å²) in [5.41, 5.74) is -0.464. The van der Waals surface area contributed by atoms with E-state index >= 15 is 0 Å². The first-order valence-corrected chi connectivity index (χ1v) is 7.34. The summed E-state index contributed by atoms with van der Waals surface area (Å²) in [6.07, 6.45) is 7.13. The fourth-order valence-corrected chi connectivity index (χ4v) is 3.26. The second-order valence-corrected chi connectivity index (χ2v) is 5.85. The van der Waals surface area contributed by atoms with E-state index in [0.29, 0.717) is 6.54 Å². The molecule has 0 aromatic carbocycles. The van der Waals surface area contributed by atoms with Gasteiger partial charge in [-0.25, -0.2) is 0 Å². The molecule has 19 heavy (non-hydrogen) atoms. The Balaban J connectivity index is 1.83. The molecule has 2 heterocycles. The van der Waals surface area contributed by atoms with Crippen molar-refractivity contribution >= 4 is 5.91 Å². The standard InChI is InChI=1S/C15H25N3O/c1-4-15(5-2,6-3)17-14(19)11-18-9-12-7-16-8-13(12)10-18/h1,12-13,16H,5-11H2,2-3H3,(H,17,19)/t12-,13+. The summed E-state index contributed by atoms with van der Waals surface area (Å²) in [6.45, 7) is 8.79. The average molecular weight is 263 g/mol. The predicted octanol–water partition coefficient (Wildman–Crippen LogP) is 0.446. The quantitative estimate of drug-likeness (QED) is 0.708. The van der Waals surface area contributed by atoms with Gasteiger partial charge in [0.1, 0.15) is 5.54 Å². The van der Waals surface area contributed by atoms with Gasteiger partial charge in [0, 0.05) is 13.1 Å². The van der Waals surface area contributed by atoms with Crippen LogP contribution < -0.4 is 10.6 Å². The van der Waals surface area contributed by atoms with E-state index in [0.717, 1.165) is 50.9 Å². The van der Waals surface area contributed by atoms with Crippen LogP contribution >= 0.6 is 0 Å². The highest BCUT2D eigenvalue weighted by atomic mass is 16.2. The number of likely N-dealkylation sites (tertiary alicyclic amines) is 1. The highest BCUT2D eigenvalue weighted by Gasteiger charge is 2.37. The number of nitrogens with zero attached hydrogens (tertiary/aromatic N) is 1. The SMILES string of the molecule is C#CC(CC)(CC)NC(=O)CN1C[C@H]2CNC[C@H]2C1. The number of hydrogen-bond donors (Lipinski definition) is 2. The molecule has 4 heteroatoms. The van der Waals surface area contributed by atoms with Gasteiger partial charge in [0.25, 0.3) is 0 Å². The molecule has 2 aliphatic rings. The van der Waals surface area contributed by atoms with Gasteiger partial charge in [-0.1, -0.05) is 19.8 Å². The molecule has 0 aromatic rings. The summed E-state index contributed by atoms with van der Waals surface area (Å²) in [4.78, 5) is 14.4. The smallest absolute Gasteiger partial charge is 0.235 e. The second kappa shape index (κ2) is 5.94. The van der Waals surface area contributed by atoms with Crippen molar-refractivity contribution in [3.8, 4) is 12.3 Å². The molecule has 0 saturated carbocycles. The van der Waals surface area contributed by atoms with Crippen LogP contribution in [0.4, 0.5) is 0 Å². The summed E-state index contributed by atoms with van der Waals surface area (Å²) >= 11 is 0. The predicted molar refractivity (Wildman–Crippen MR) is 76.6 cm³/mol. The van der Waals surface area contributed by atoms with Crippen LogP contribution in [0.3, 0.4) is 0 Å². The number of carbonyl (C=O) groups is 1. The third-order valence-electron chi connectivity index (χ3n) is 4.69. The van der Waals surface area contributed by atoms with Gasteiger partial charge in [-0.2, -0.15) is 0 Å². The zero-order valence-electron chi connectivity index (χ0n) is 12.0. The maximum Gasteiger partial charge on any atom is 0.235 e. The van der Waals surface area contributed by atoms with E-state index in [9.17, 15) is 4.79 Å². The molecule has 0 radical (unpaired) electrons. The molecule has 2 N–H and O–H groups in total. The van der Waals surface area contributed by atoms with Crippen LogP contribution in [0.1, 0.15) is 26.7 Å². The van der Waals surface area contributed by atoms with E-state index < -0.39 is 5.54 Å². The molecule has 2 saturated heterocycles. The average Bonchev–Trinajstić information content (AvgIpc) is 2.97. The molecular formula is C15H25N3O. The summed E-state index contributed by atoms with van der Waals surface area (Å²) in [7, 11) is 0. The first-order valence-electron chi connectivity index (χ1n) is 7.34. The lowest BCUT2D eigenvalue weighted by atomic mass is 9.94. The van der Waals surface area contributed by atoms with Gasteiger partial charge in [0.15, 0.2) is 0 Å². The molecule has 4 nitrogen and oxygen atoms in total. The van der Waals surface area contributed by atoms with Gasteiger partial charge in [-0.05, 0) is 37.8 Å². The monoisotopic (exact) mass is 263 g/mol. The first kappa shape index (κ1) is 14.4. The summed E-state index contributed by atoms with van der Waals surface area (Å²) in [5.74, 6) is 4.26. The van der Waals surface area contributed by atoms with E-state index in [1.807, 2.05) is 13.8 Å². The topological polar surface area (TPSA) is 44.4 Å². The van der Waals surface area contributed by atoms with Gasteiger partial charge < -0.3 is 10.6 Å². The highest BCUT2D eigenvalue weighted by molar-refractivity contribution is 5.79. The maximum atomic E-state index is 12.1. The molecule has 0 aromatic heterocycles. The Morgan fingerprint density at radius 2 is 1.95 bits per heavy atom. The molecule has 106 valence electrons. The zero-order chi connectivity index (χ0) is 13.9. The molecule has 2 atom stereocenters. The van der Waals surface area contributed by atoms with E-state index in [2.05, 4.69) is 21.5 Å². The van der Waals surface area contributed by atoms with E-state index in [4.69, 9.17) is 6.42 Å². The third kappa shape index (κ3) is 3.10. The maximum absolute atomic E-state index is 12.1. The van der Waals surface area contributed by atoms with Gasteiger partial charge >= 0.3 is 0 Å². The number of fused-ring (bicyclic) bond motifs is 1. The second-order valence-electron chi connectivity index (χ2n) is 5.85. The molecule has 0 spiro atoms. The van der Waals surface area contributed by atoms with Crippen molar-refractivity contribution in [2.24, 2.45) is 11.8 Å². The fraction of sp³-hybridized carbons (Fsp3) is 0.800. The Labute approximate surface area is 116 Å². The molecule has 0 bridgehead atoms. The Bertz CT molecular complexity index is 358. The summed E-state index contributed by atoms with van der Waals surface area (Å²) in [6, 6.07) is 0. The van der Waals surface area contributed by atoms with E-state index in [1.165, 1.54) is 0 Å². The zero-order valence-corrected chi connectivity index (χ0v) is 12.0. The highest BCUT2D eigenvalue weighted by Crippen LogP contribution is 2.25. The Morgan fingerprint density at radius 3 is 2.42 bits per heavy atom. The van der Waals surface area contributed by atoms with Crippen molar-refractivity contribution in [3.05, 3.63) is 0 Å². The lowest BCUT2D eigenvalue weighted by Gasteiger charge is -2.28. The third-order valence-corrected chi connectivity index (χ3v) is 4.69. The van der Waals surface area contributed by atoms with Gasteiger partial charge in [0.2, 0.25) is 5.91 Å². The van der Waals surface area contributed by atoms with Crippen molar-refractivity contribution in [1.29, 1.82) is 0 Å². The normalized spacial score (nSPS) is 27.0. The fourth-order valence-electron chi connectivity index (χ4n) is 3.26. The van der Waals surface area contributed by atoms with Crippen LogP contribution in [0.15, 0.2) is 0 Å². The van der Waals surface area contributed by atoms with Crippen LogP contribution in [0.25, 0.3) is 0 Å².